The molecule has 0 radical (unpaired) electrons. The molecule has 0 bridgehead atoms. The Morgan fingerprint density at radius 1 is 1.50 bits per heavy atom. The van der Waals surface area contributed by atoms with E-state index in [-0.39, 0.29) is 6.10 Å². The van der Waals surface area contributed by atoms with Crippen molar-refractivity contribution in [2.75, 3.05) is 18.5 Å². The predicted octanol–water partition coefficient (Wildman–Crippen LogP) is 2.12. The average molecular weight is 252 g/mol. The topological polar surface area (TPSA) is 73.6 Å². The van der Waals surface area contributed by atoms with Gasteiger partial charge in [0, 0.05) is 18.8 Å². The van der Waals surface area contributed by atoms with Crippen LogP contribution in [0.1, 0.15) is 19.4 Å². The van der Waals surface area contributed by atoms with Gasteiger partial charge in [0.05, 0.1) is 6.61 Å². The van der Waals surface area contributed by atoms with Crippen LogP contribution in [0, 0.1) is 0 Å². The first-order valence-corrected chi connectivity index (χ1v) is 6.00. The molecule has 1 aromatic carbocycles. The maximum atomic E-state index is 11.6. The minimum atomic E-state index is -0.489. The molecule has 0 saturated heterocycles. The number of rotatable bonds is 6. The van der Waals surface area contributed by atoms with Crippen molar-refractivity contribution in [2.45, 2.75) is 26.5 Å². The summed E-state index contributed by atoms with van der Waals surface area (Å²) in [7, 11) is 0. The number of carbonyl (C=O) groups is 1. The molecule has 0 aliphatic rings. The van der Waals surface area contributed by atoms with Gasteiger partial charge in [-0.25, -0.2) is 4.79 Å². The van der Waals surface area contributed by atoms with Crippen molar-refractivity contribution in [3.8, 4) is 0 Å². The summed E-state index contributed by atoms with van der Waals surface area (Å²) in [6.07, 6.45) is -0.765. The second-order valence-electron chi connectivity index (χ2n) is 3.90. The molecule has 1 atom stereocenters. The molecule has 0 aromatic heterocycles. The van der Waals surface area contributed by atoms with Crippen LogP contribution in [0.25, 0.3) is 0 Å². The van der Waals surface area contributed by atoms with Crippen molar-refractivity contribution >= 4 is 11.8 Å². The smallest absolute Gasteiger partial charge is 0.411 e. The van der Waals surface area contributed by atoms with E-state index >= 15 is 0 Å². The molecule has 1 rings (SSSR count). The molecule has 0 saturated carbocycles. The van der Waals surface area contributed by atoms with Crippen LogP contribution in [-0.4, -0.2) is 25.4 Å². The number of amides is 1. The minimum absolute atomic E-state index is 0.275. The van der Waals surface area contributed by atoms with Crippen LogP contribution in [0.2, 0.25) is 0 Å². The van der Waals surface area contributed by atoms with Gasteiger partial charge in [-0.15, -0.1) is 0 Å². The van der Waals surface area contributed by atoms with E-state index in [1.54, 1.807) is 13.0 Å². The van der Waals surface area contributed by atoms with Crippen LogP contribution in [0.3, 0.4) is 0 Å². The normalized spacial score (nSPS) is 11.9. The molecule has 3 N–H and O–H groups in total. The first kappa shape index (κ1) is 14.5. The Bertz CT molecular complexity index is 382. The zero-order chi connectivity index (χ0) is 13.4. The number of anilines is 1. The number of hydrogen-bond donors (Lipinski definition) is 2. The molecule has 0 aliphatic carbocycles. The monoisotopic (exact) mass is 252 g/mol. The van der Waals surface area contributed by atoms with Crippen LogP contribution in [0.4, 0.5) is 10.5 Å². The van der Waals surface area contributed by atoms with Crippen molar-refractivity contribution in [3.63, 3.8) is 0 Å². The summed E-state index contributed by atoms with van der Waals surface area (Å²) in [4.78, 5) is 11.6. The van der Waals surface area contributed by atoms with Gasteiger partial charge in [-0.1, -0.05) is 12.1 Å². The molecule has 1 unspecified atom stereocenters. The van der Waals surface area contributed by atoms with Crippen LogP contribution in [0.5, 0.6) is 0 Å². The molecule has 5 heteroatoms. The number of carbonyl (C=O) groups excluding carboxylic acids is 1. The molecule has 0 heterocycles. The summed E-state index contributed by atoms with van der Waals surface area (Å²) in [5, 5.41) is 2.65. The highest BCUT2D eigenvalue weighted by Gasteiger charge is 2.09. The lowest BCUT2D eigenvalue weighted by molar-refractivity contribution is 0.0388. The average Bonchev–Trinajstić information content (AvgIpc) is 2.36. The third-order valence-corrected chi connectivity index (χ3v) is 2.27. The Morgan fingerprint density at radius 3 is 2.94 bits per heavy atom. The van der Waals surface area contributed by atoms with E-state index in [9.17, 15) is 4.79 Å². The van der Waals surface area contributed by atoms with Gasteiger partial charge in [0.2, 0.25) is 0 Å². The van der Waals surface area contributed by atoms with Gasteiger partial charge < -0.3 is 15.2 Å². The molecule has 1 aromatic rings. The van der Waals surface area contributed by atoms with E-state index < -0.39 is 6.09 Å². The SMILES string of the molecule is CCOCC(C)OC(=O)Nc1cccc(CN)c1. The molecular formula is C13H20N2O3. The van der Waals surface area contributed by atoms with Crippen LogP contribution in [0.15, 0.2) is 24.3 Å². The Labute approximate surface area is 107 Å². The predicted molar refractivity (Wildman–Crippen MR) is 70.4 cm³/mol. The van der Waals surface area contributed by atoms with E-state index in [1.165, 1.54) is 0 Å². The maximum absolute atomic E-state index is 11.6. The zero-order valence-electron chi connectivity index (χ0n) is 10.8. The Morgan fingerprint density at radius 2 is 2.28 bits per heavy atom. The second kappa shape index (κ2) is 7.68. The van der Waals surface area contributed by atoms with E-state index in [0.29, 0.717) is 25.4 Å². The first-order valence-electron chi connectivity index (χ1n) is 6.00. The molecule has 1 amide bonds. The van der Waals surface area contributed by atoms with E-state index in [0.717, 1.165) is 5.56 Å². The van der Waals surface area contributed by atoms with E-state index in [4.69, 9.17) is 15.2 Å². The lowest BCUT2D eigenvalue weighted by atomic mass is 10.2. The number of ether oxygens (including phenoxy) is 2. The fraction of sp³-hybridized carbons (Fsp3) is 0.462. The van der Waals surface area contributed by atoms with Gasteiger partial charge >= 0.3 is 6.09 Å². The third kappa shape index (κ3) is 5.16. The fourth-order valence-electron chi connectivity index (χ4n) is 1.42. The Kier molecular flexibility index (Phi) is 6.18. The standard InChI is InChI=1S/C13H20N2O3/c1-3-17-9-10(2)18-13(16)15-12-6-4-5-11(7-12)8-14/h4-7,10H,3,8-9,14H2,1-2H3,(H,15,16). The largest absolute Gasteiger partial charge is 0.444 e. The fourth-order valence-corrected chi connectivity index (χ4v) is 1.42. The number of benzene rings is 1. The summed E-state index contributed by atoms with van der Waals surface area (Å²) >= 11 is 0. The minimum Gasteiger partial charge on any atom is -0.444 e. The van der Waals surface area contributed by atoms with Gasteiger partial charge in [-0.05, 0) is 31.5 Å². The molecule has 5 nitrogen and oxygen atoms in total. The second-order valence-corrected chi connectivity index (χ2v) is 3.90. The number of nitrogens with two attached hydrogens (primary N) is 1. The van der Waals surface area contributed by atoms with E-state index in [1.807, 2.05) is 25.1 Å². The van der Waals surface area contributed by atoms with E-state index in [2.05, 4.69) is 5.32 Å². The maximum Gasteiger partial charge on any atom is 0.411 e. The highest BCUT2D eigenvalue weighted by atomic mass is 16.6. The van der Waals surface area contributed by atoms with Crippen molar-refractivity contribution < 1.29 is 14.3 Å². The Hall–Kier alpha value is -1.59. The van der Waals surface area contributed by atoms with Gasteiger partial charge in [-0.2, -0.15) is 0 Å². The molecule has 0 aliphatic heterocycles. The van der Waals surface area contributed by atoms with Crippen molar-refractivity contribution in [2.24, 2.45) is 5.73 Å². The van der Waals surface area contributed by atoms with Gasteiger partial charge in [-0.3, -0.25) is 5.32 Å². The number of nitrogens with one attached hydrogen (secondary N) is 1. The highest BCUT2D eigenvalue weighted by Crippen LogP contribution is 2.10. The molecular weight excluding hydrogens is 232 g/mol. The summed E-state index contributed by atoms with van der Waals surface area (Å²) in [5.74, 6) is 0. The van der Waals surface area contributed by atoms with Crippen LogP contribution < -0.4 is 11.1 Å². The quantitative estimate of drug-likeness (QED) is 0.813. The zero-order valence-corrected chi connectivity index (χ0v) is 10.8. The van der Waals surface area contributed by atoms with Crippen LogP contribution >= 0.6 is 0 Å². The highest BCUT2D eigenvalue weighted by molar-refractivity contribution is 5.84. The van der Waals surface area contributed by atoms with Crippen LogP contribution in [-0.2, 0) is 16.0 Å². The first-order chi connectivity index (χ1) is 8.65. The summed E-state index contributed by atoms with van der Waals surface area (Å²) < 4.78 is 10.3. The van der Waals surface area contributed by atoms with Crippen molar-refractivity contribution in [3.05, 3.63) is 29.8 Å². The summed E-state index contributed by atoms with van der Waals surface area (Å²) in [6, 6.07) is 7.33. The Balaban J connectivity index is 2.43. The third-order valence-electron chi connectivity index (χ3n) is 2.27. The lowest BCUT2D eigenvalue weighted by Gasteiger charge is -2.13. The molecule has 0 spiro atoms. The summed E-state index contributed by atoms with van der Waals surface area (Å²) in [6.45, 7) is 5.11. The van der Waals surface area contributed by atoms with Gasteiger partial charge in [0.1, 0.15) is 6.10 Å². The lowest BCUT2D eigenvalue weighted by Crippen LogP contribution is -2.24. The van der Waals surface area contributed by atoms with Gasteiger partial charge in [0.25, 0.3) is 0 Å². The molecule has 0 fully saturated rings. The summed E-state index contributed by atoms with van der Waals surface area (Å²) in [5.41, 5.74) is 7.15. The van der Waals surface area contributed by atoms with Gasteiger partial charge in [0.15, 0.2) is 0 Å². The van der Waals surface area contributed by atoms with Crippen molar-refractivity contribution in [1.29, 1.82) is 0 Å². The number of hydrogen-bond acceptors (Lipinski definition) is 4. The van der Waals surface area contributed by atoms with Crippen molar-refractivity contribution in [1.82, 2.24) is 0 Å². The molecule has 18 heavy (non-hydrogen) atoms. The molecule has 100 valence electrons.